The van der Waals surface area contributed by atoms with Gasteiger partial charge in [-0.1, -0.05) is 19.8 Å². The molecule has 1 aromatic rings. The van der Waals surface area contributed by atoms with E-state index in [-0.39, 0.29) is 17.1 Å². The molecule has 1 fully saturated rings. The second-order valence-corrected chi connectivity index (χ2v) is 5.30. The number of hydrogen-bond donors (Lipinski definition) is 2. The van der Waals surface area contributed by atoms with Gasteiger partial charge in [0.1, 0.15) is 5.75 Å². The van der Waals surface area contributed by atoms with Crippen LogP contribution in [0.1, 0.15) is 44.6 Å². The smallest absolute Gasteiger partial charge is 0.230 e. The molecule has 0 aliphatic heterocycles. The summed E-state index contributed by atoms with van der Waals surface area (Å²) in [4.78, 5) is 12.4. The highest BCUT2D eigenvalue weighted by Gasteiger charge is 2.39. The zero-order valence-electron chi connectivity index (χ0n) is 11.1. The van der Waals surface area contributed by atoms with Crippen LogP contribution in [0.3, 0.4) is 0 Å². The van der Waals surface area contributed by atoms with Gasteiger partial charge in [-0.15, -0.1) is 0 Å². The van der Waals surface area contributed by atoms with E-state index < -0.39 is 0 Å². The molecule has 18 heavy (non-hydrogen) atoms. The first kappa shape index (κ1) is 12.9. The summed E-state index contributed by atoms with van der Waals surface area (Å²) >= 11 is 0. The second kappa shape index (κ2) is 5.01. The number of benzene rings is 1. The topological polar surface area (TPSA) is 49.3 Å². The predicted octanol–water partition coefficient (Wildman–Crippen LogP) is 3.61. The minimum absolute atomic E-state index is 0.132. The summed E-state index contributed by atoms with van der Waals surface area (Å²) in [5.74, 6) is 0.395. The fourth-order valence-electron chi connectivity index (χ4n) is 2.79. The third-order valence-electron chi connectivity index (χ3n) is 4.17. The molecule has 0 spiro atoms. The van der Waals surface area contributed by atoms with Crippen LogP contribution in [0.4, 0.5) is 5.69 Å². The molecule has 1 saturated carbocycles. The highest BCUT2D eigenvalue weighted by Crippen LogP contribution is 2.41. The second-order valence-electron chi connectivity index (χ2n) is 5.30. The quantitative estimate of drug-likeness (QED) is 0.802. The Labute approximate surface area is 108 Å². The number of anilines is 1. The number of nitrogens with one attached hydrogen (secondary N) is 1. The van der Waals surface area contributed by atoms with Crippen molar-refractivity contribution in [3.63, 3.8) is 0 Å². The zero-order valence-corrected chi connectivity index (χ0v) is 11.1. The molecule has 1 aromatic carbocycles. The van der Waals surface area contributed by atoms with Gasteiger partial charge >= 0.3 is 0 Å². The summed E-state index contributed by atoms with van der Waals surface area (Å²) in [6, 6.07) is 5.18. The Morgan fingerprint density at radius 3 is 2.61 bits per heavy atom. The Balaban J connectivity index is 2.13. The maximum atomic E-state index is 12.4. The third kappa shape index (κ3) is 2.35. The van der Waals surface area contributed by atoms with E-state index in [4.69, 9.17) is 0 Å². The first-order valence-electron chi connectivity index (χ1n) is 6.68. The first-order valence-corrected chi connectivity index (χ1v) is 6.68. The Bertz CT molecular complexity index is 448. The van der Waals surface area contributed by atoms with Gasteiger partial charge < -0.3 is 10.4 Å². The fourth-order valence-corrected chi connectivity index (χ4v) is 2.79. The lowest BCUT2D eigenvalue weighted by atomic mass is 9.82. The summed E-state index contributed by atoms with van der Waals surface area (Å²) in [7, 11) is 0. The number of phenols is 1. The molecule has 0 saturated heterocycles. The lowest BCUT2D eigenvalue weighted by Crippen LogP contribution is -2.33. The highest BCUT2D eigenvalue weighted by atomic mass is 16.3. The fraction of sp³-hybridized carbons (Fsp3) is 0.533. The van der Waals surface area contributed by atoms with Crippen LogP contribution in [0.5, 0.6) is 5.75 Å². The van der Waals surface area contributed by atoms with Gasteiger partial charge in [0, 0.05) is 11.1 Å². The van der Waals surface area contributed by atoms with E-state index in [9.17, 15) is 9.90 Å². The Morgan fingerprint density at radius 2 is 2.06 bits per heavy atom. The lowest BCUT2D eigenvalue weighted by Gasteiger charge is -2.26. The van der Waals surface area contributed by atoms with Crippen molar-refractivity contribution in [3.8, 4) is 5.75 Å². The van der Waals surface area contributed by atoms with Gasteiger partial charge in [-0.3, -0.25) is 4.79 Å². The van der Waals surface area contributed by atoms with E-state index in [1.807, 2.05) is 13.0 Å². The maximum Gasteiger partial charge on any atom is 0.230 e. The Hall–Kier alpha value is -1.51. The number of carbonyl (C=O) groups is 1. The number of phenolic OH excluding ortho intramolecular Hbond substituents is 1. The molecule has 3 nitrogen and oxygen atoms in total. The molecule has 0 bridgehead atoms. The van der Waals surface area contributed by atoms with Crippen molar-refractivity contribution in [3.05, 3.63) is 23.8 Å². The van der Waals surface area contributed by atoms with Crippen molar-refractivity contribution >= 4 is 11.6 Å². The molecule has 1 aliphatic carbocycles. The van der Waals surface area contributed by atoms with Crippen molar-refractivity contribution in [1.29, 1.82) is 0 Å². The minimum atomic E-state index is -0.175. The molecule has 0 radical (unpaired) electrons. The molecule has 0 aromatic heterocycles. The molecule has 2 N–H and O–H groups in total. The predicted molar refractivity (Wildman–Crippen MR) is 72.7 cm³/mol. The van der Waals surface area contributed by atoms with Crippen LogP contribution in [0.25, 0.3) is 0 Å². The van der Waals surface area contributed by atoms with Crippen LogP contribution in [0.15, 0.2) is 18.2 Å². The minimum Gasteiger partial charge on any atom is -0.508 e. The third-order valence-corrected chi connectivity index (χ3v) is 4.17. The highest BCUT2D eigenvalue weighted by molar-refractivity contribution is 5.95. The summed E-state index contributed by atoms with van der Waals surface area (Å²) in [5, 5.41) is 12.5. The van der Waals surface area contributed by atoms with Crippen LogP contribution in [-0.2, 0) is 4.79 Å². The molecular weight excluding hydrogens is 226 g/mol. The van der Waals surface area contributed by atoms with E-state index in [0.29, 0.717) is 0 Å². The number of amides is 1. The SMILES string of the molecule is CCC1(C(=O)Nc2ccc(O)c(C)c2)CCCC1. The summed E-state index contributed by atoms with van der Waals surface area (Å²) in [5.41, 5.74) is 1.38. The van der Waals surface area contributed by atoms with Crippen molar-refractivity contribution in [1.82, 2.24) is 0 Å². The monoisotopic (exact) mass is 247 g/mol. The number of aryl methyl sites for hydroxylation is 1. The molecule has 1 aliphatic rings. The van der Waals surface area contributed by atoms with E-state index in [0.717, 1.165) is 43.4 Å². The number of aromatic hydroxyl groups is 1. The summed E-state index contributed by atoms with van der Waals surface area (Å²) < 4.78 is 0. The molecule has 98 valence electrons. The van der Waals surface area contributed by atoms with E-state index in [1.165, 1.54) is 0 Å². The Kier molecular flexibility index (Phi) is 3.60. The average Bonchev–Trinajstić information content (AvgIpc) is 2.84. The molecule has 0 heterocycles. The molecular formula is C15H21NO2. The van der Waals surface area contributed by atoms with Crippen molar-refractivity contribution in [2.45, 2.75) is 46.0 Å². The molecule has 3 heteroatoms. The van der Waals surface area contributed by atoms with Crippen LogP contribution in [-0.4, -0.2) is 11.0 Å². The number of hydrogen-bond acceptors (Lipinski definition) is 2. The molecule has 0 unspecified atom stereocenters. The van der Waals surface area contributed by atoms with E-state index in [2.05, 4.69) is 12.2 Å². The summed E-state index contributed by atoms with van der Waals surface area (Å²) in [6.45, 7) is 3.92. The maximum absolute atomic E-state index is 12.4. The van der Waals surface area contributed by atoms with Crippen molar-refractivity contribution < 1.29 is 9.90 Å². The van der Waals surface area contributed by atoms with Gasteiger partial charge in [-0.05, 0) is 49.9 Å². The normalized spacial score (nSPS) is 17.7. The van der Waals surface area contributed by atoms with Gasteiger partial charge in [-0.2, -0.15) is 0 Å². The van der Waals surface area contributed by atoms with Gasteiger partial charge in [0.25, 0.3) is 0 Å². The molecule has 2 rings (SSSR count). The Morgan fingerprint density at radius 1 is 1.39 bits per heavy atom. The molecule has 0 atom stereocenters. The number of rotatable bonds is 3. The van der Waals surface area contributed by atoms with Crippen molar-refractivity contribution in [2.75, 3.05) is 5.32 Å². The molecule has 1 amide bonds. The number of carbonyl (C=O) groups excluding carboxylic acids is 1. The van der Waals surface area contributed by atoms with Gasteiger partial charge in [0.2, 0.25) is 5.91 Å². The van der Waals surface area contributed by atoms with Gasteiger partial charge in [0.05, 0.1) is 0 Å². The lowest BCUT2D eigenvalue weighted by molar-refractivity contribution is -0.125. The van der Waals surface area contributed by atoms with Gasteiger partial charge in [-0.25, -0.2) is 0 Å². The van der Waals surface area contributed by atoms with Crippen molar-refractivity contribution in [2.24, 2.45) is 5.41 Å². The van der Waals surface area contributed by atoms with Crippen LogP contribution in [0, 0.1) is 12.3 Å². The average molecular weight is 247 g/mol. The van der Waals surface area contributed by atoms with Gasteiger partial charge in [0.15, 0.2) is 0 Å². The van der Waals surface area contributed by atoms with E-state index >= 15 is 0 Å². The van der Waals surface area contributed by atoms with Crippen LogP contribution in [0.2, 0.25) is 0 Å². The standard InChI is InChI=1S/C15H21NO2/c1-3-15(8-4-5-9-15)14(18)16-12-6-7-13(17)11(2)10-12/h6-7,10,17H,3-5,8-9H2,1-2H3,(H,16,18). The largest absolute Gasteiger partial charge is 0.508 e. The van der Waals surface area contributed by atoms with Crippen LogP contribution < -0.4 is 5.32 Å². The van der Waals surface area contributed by atoms with E-state index in [1.54, 1.807) is 12.1 Å². The first-order chi connectivity index (χ1) is 8.57. The zero-order chi connectivity index (χ0) is 13.2. The summed E-state index contributed by atoms with van der Waals surface area (Å²) in [6.07, 6.45) is 5.18. The van der Waals surface area contributed by atoms with Crippen LogP contribution >= 0.6 is 0 Å².